The van der Waals surface area contributed by atoms with Gasteiger partial charge in [-0.1, -0.05) is 0 Å². The van der Waals surface area contributed by atoms with Crippen molar-refractivity contribution >= 4 is 22.0 Å². The second kappa shape index (κ2) is 6.73. The maximum Gasteiger partial charge on any atom is 0.294 e. The molecule has 4 N–H and O–H groups in total. The Labute approximate surface area is 132 Å². The lowest BCUT2D eigenvalue weighted by Gasteiger charge is -2.07. The van der Waals surface area contributed by atoms with Gasteiger partial charge in [-0.25, -0.2) is 0 Å². The number of aliphatic hydroxyl groups is 1. The van der Waals surface area contributed by atoms with E-state index in [-0.39, 0.29) is 17.3 Å². The van der Waals surface area contributed by atoms with Crippen LogP contribution in [0.1, 0.15) is 16.8 Å². The summed E-state index contributed by atoms with van der Waals surface area (Å²) in [7, 11) is -4.24. The van der Waals surface area contributed by atoms with Crippen LogP contribution in [-0.2, 0) is 16.7 Å². The molecule has 1 heterocycles. The molecule has 0 fully saturated rings. The fourth-order valence-electron chi connectivity index (χ4n) is 1.80. The number of nitrogens with one attached hydrogen (secondary N) is 1. The zero-order valence-corrected chi connectivity index (χ0v) is 12.9. The molecule has 2 rings (SSSR count). The van der Waals surface area contributed by atoms with Crippen molar-refractivity contribution < 1.29 is 23.2 Å². The Hall–Kier alpha value is -2.49. The molecule has 0 aliphatic rings. The van der Waals surface area contributed by atoms with Crippen molar-refractivity contribution in [2.24, 2.45) is 5.10 Å². The van der Waals surface area contributed by atoms with E-state index in [0.29, 0.717) is 22.5 Å². The Bertz CT molecular complexity index is 832. The van der Waals surface area contributed by atoms with Gasteiger partial charge >= 0.3 is 0 Å². The van der Waals surface area contributed by atoms with Crippen LogP contribution in [0.4, 0.5) is 5.69 Å². The van der Waals surface area contributed by atoms with Crippen LogP contribution in [0.2, 0.25) is 0 Å². The fraction of sp³-hybridized carbons (Fsp3) is 0.143. The molecule has 0 radical (unpaired) electrons. The number of anilines is 1. The highest BCUT2D eigenvalue weighted by Crippen LogP contribution is 2.22. The average Bonchev–Trinajstić information content (AvgIpc) is 2.51. The van der Waals surface area contributed by atoms with Crippen LogP contribution in [0.3, 0.4) is 0 Å². The van der Waals surface area contributed by atoms with E-state index in [2.05, 4.69) is 15.5 Å². The zero-order chi connectivity index (χ0) is 17.0. The molecule has 0 atom stereocenters. The van der Waals surface area contributed by atoms with Crippen molar-refractivity contribution in [1.29, 1.82) is 0 Å². The molecule has 0 unspecified atom stereocenters. The molecule has 122 valence electrons. The van der Waals surface area contributed by atoms with Gasteiger partial charge in [0.15, 0.2) is 0 Å². The summed E-state index contributed by atoms with van der Waals surface area (Å²) in [6.45, 7) is 1.32. The summed E-state index contributed by atoms with van der Waals surface area (Å²) in [4.78, 5) is 3.71. The number of hydrazone groups is 1. The van der Waals surface area contributed by atoms with Gasteiger partial charge in [0.05, 0.1) is 29.1 Å². The number of benzene rings is 1. The maximum atomic E-state index is 10.9. The summed E-state index contributed by atoms with van der Waals surface area (Å²) in [5, 5.41) is 23.1. The Morgan fingerprint density at radius 3 is 2.52 bits per heavy atom. The third-order valence-corrected chi connectivity index (χ3v) is 3.94. The summed E-state index contributed by atoms with van der Waals surface area (Å²) in [5.74, 6) is -0.0798. The van der Waals surface area contributed by atoms with E-state index in [1.807, 2.05) is 0 Å². The molecule has 9 heteroatoms. The highest BCUT2D eigenvalue weighted by atomic mass is 32.2. The van der Waals surface area contributed by atoms with E-state index in [4.69, 9.17) is 4.55 Å². The van der Waals surface area contributed by atoms with E-state index in [0.717, 1.165) is 0 Å². The molecule has 0 bridgehead atoms. The second-order valence-electron chi connectivity index (χ2n) is 4.66. The number of pyridine rings is 1. The van der Waals surface area contributed by atoms with E-state index in [1.54, 1.807) is 6.92 Å². The van der Waals surface area contributed by atoms with Gasteiger partial charge in [-0.05, 0) is 31.2 Å². The van der Waals surface area contributed by atoms with Crippen LogP contribution in [0, 0.1) is 6.92 Å². The predicted octanol–water partition coefficient (Wildman–Crippen LogP) is 1.28. The molecular formula is C14H15N3O5S. The molecular weight excluding hydrogens is 322 g/mol. The number of rotatable bonds is 5. The Morgan fingerprint density at radius 1 is 1.30 bits per heavy atom. The lowest BCUT2D eigenvalue weighted by atomic mass is 10.1. The SMILES string of the molecule is Cc1ncc(CO)c(/C=N/Nc2ccc(S(=O)(=O)O)cc2)c1O. The van der Waals surface area contributed by atoms with E-state index in [1.165, 1.54) is 36.7 Å². The van der Waals surface area contributed by atoms with Crippen molar-refractivity contribution in [3.63, 3.8) is 0 Å². The lowest BCUT2D eigenvalue weighted by Crippen LogP contribution is -2.00. The first kappa shape index (κ1) is 16.9. The van der Waals surface area contributed by atoms with Crippen LogP contribution in [0.5, 0.6) is 5.75 Å². The molecule has 0 saturated heterocycles. The topological polar surface area (TPSA) is 132 Å². The van der Waals surface area contributed by atoms with Gasteiger partial charge in [0.1, 0.15) is 5.75 Å². The normalized spacial score (nSPS) is 11.8. The first-order valence-electron chi connectivity index (χ1n) is 6.48. The second-order valence-corrected chi connectivity index (χ2v) is 6.08. The maximum absolute atomic E-state index is 10.9. The van der Waals surface area contributed by atoms with Crippen molar-refractivity contribution in [3.05, 3.63) is 47.3 Å². The van der Waals surface area contributed by atoms with E-state index < -0.39 is 10.1 Å². The minimum absolute atomic E-state index is 0.0798. The van der Waals surface area contributed by atoms with Crippen LogP contribution in [-0.4, -0.2) is 34.4 Å². The highest BCUT2D eigenvalue weighted by molar-refractivity contribution is 7.85. The van der Waals surface area contributed by atoms with Gasteiger partial charge in [-0.3, -0.25) is 15.0 Å². The number of aryl methyl sites for hydroxylation is 1. The number of aliphatic hydroxyl groups excluding tert-OH is 1. The summed E-state index contributed by atoms with van der Waals surface area (Å²) in [5.41, 5.74) is 4.28. The van der Waals surface area contributed by atoms with Crippen molar-refractivity contribution in [2.75, 3.05) is 5.43 Å². The number of aromatic hydroxyl groups is 1. The van der Waals surface area contributed by atoms with Gasteiger partial charge < -0.3 is 10.2 Å². The molecule has 1 aromatic carbocycles. The van der Waals surface area contributed by atoms with E-state index >= 15 is 0 Å². The molecule has 0 aliphatic heterocycles. The highest BCUT2D eigenvalue weighted by Gasteiger charge is 2.10. The quantitative estimate of drug-likeness (QED) is 0.367. The first-order valence-corrected chi connectivity index (χ1v) is 7.92. The number of aromatic nitrogens is 1. The molecule has 2 aromatic rings. The van der Waals surface area contributed by atoms with Gasteiger partial charge in [-0.2, -0.15) is 13.5 Å². The van der Waals surface area contributed by atoms with Gasteiger partial charge in [0, 0.05) is 17.3 Å². The van der Waals surface area contributed by atoms with Gasteiger partial charge in [-0.15, -0.1) is 0 Å². The molecule has 1 aromatic heterocycles. The summed E-state index contributed by atoms with van der Waals surface area (Å²) < 4.78 is 30.7. The van der Waals surface area contributed by atoms with Crippen LogP contribution in [0.25, 0.3) is 0 Å². The zero-order valence-electron chi connectivity index (χ0n) is 12.1. The third-order valence-electron chi connectivity index (χ3n) is 3.07. The van der Waals surface area contributed by atoms with Crippen LogP contribution < -0.4 is 5.43 Å². The Kier molecular flexibility index (Phi) is 4.94. The fourth-order valence-corrected chi connectivity index (χ4v) is 2.28. The molecule has 23 heavy (non-hydrogen) atoms. The number of nitrogens with zero attached hydrogens (tertiary/aromatic N) is 2. The lowest BCUT2D eigenvalue weighted by molar-refractivity contribution is 0.280. The van der Waals surface area contributed by atoms with Crippen molar-refractivity contribution in [3.8, 4) is 5.75 Å². The van der Waals surface area contributed by atoms with Gasteiger partial charge in [0.2, 0.25) is 0 Å². The molecule has 0 amide bonds. The summed E-state index contributed by atoms with van der Waals surface area (Å²) in [6.07, 6.45) is 2.77. The average molecular weight is 337 g/mol. The monoisotopic (exact) mass is 337 g/mol. The first-order chi connectivity index (χ1) is 10.8. The Balaban J connectivity index is 2.18. The predicted molar refractivity (Wildman–Crippen MR) is 84.0 cm³/mol. The Morgan fingerprint density at radius 2 is 1.96 bits per heavy atom. The summed E-state index contributed by atoms with van der Waals surface area (Å²) in [6, 6.07) is 5.29. The third kappa shape index (κ3) is 4.03. The van der Waals surface area contributed by atoms with Crippen molar-refractivity contribution in [1.82, 2.24) is 4.98 Å². The minimum Gasteiger partial charge on any atom is -0.505 e. The molecule has 8 nitrogen and oxygen atoms in total. The largest absolute Gasteiger partial charge is 0.505 e. The van der Waals surface area contributed by atoms with Crippen LogP contribution in [0.15, 0.2) is 40.5 Å². The standard InChI is InChI=1S/C14H15N3O5S/c1-9-14(19)13(10(8-18)6-15-9)7-16-17-11-2-4-12(5-3-11)23(20,21)22/h2-7,17-19H,8H2,1H3,(H,20,21,22)/b16-7+. The molecule has 0 aliphatic carbocycles. The van der Waals surface area contributed by atoms with Crippen molar-refractivity contribution in [2.45, 2.75) is 18.4 Å². The van der Waals surface area contributed by atoms with Crippen LogP contribution >= 0.6 is 0 Å². The molecule has 0 spiro atoms. The van der Waals surface area contributed by atoms with E-state index in [9.17, 15) is 18.6 Å². The minimum atomic E-state index is -4.24. The number of hydrogen-bond acceptors (Lipinski definition) is 7. The number of hydrogen-bond donors (Lipinski definition) is 4. The van der Waals surface area contributed by atoms with Gasteiger partial charge in [0.25, 0.3) is 10.1 Å². The summed E-state index contributed by atoms with van der Waals surface area (Å²) >= 11 is 0. The molecule has 0 saturated carbocycles. The smallest absolute Gasteiger partial charge is 0.294 e.